The van der Waals surface area contributed by atoms with Gasteiger partial charge in [0.1, 0.15) is 5.52 Å². The Labute approximate surface area is 286 Å². The zero-order chi connectivity index (χ0) is 35.9. The van der Waals surface area contributed by atoms with E-state index in [1.807, 2.05) is 12.3 Å². The van der Waals surface area contributed by atoms with E-state index in [1.54, 1.807) is 4.90 Å². The number of esters is 1. The second-order valence-corrected chi connectivity index (χ2v) is 12.4. The van der Waals surface area contributed by atoms with Gasteiger partial charge in [-0.25, -0.2) is 18.2 Å². The number of hydrogen-bond acceptors (Lipinski definition) is 8. The molecule has 3 heterocycles. The number of carbonyl (C=O) groups is 2. The summed E-state index contributed by atoms with van der Waals surface area (Å²) in [6.45, 7) is 8.63. The summed E-state index contributed by atoms with van der Waals surface area (Å²) in [5.41, 5.74) is 11.1. The van der Waals surface area contributed by atoms with Crippen molar-refractivity contribution in [3.8, 4) is 5.75 Å². The normalized spacial score (nSPS) is 13.6. The van der Waals surface area contributed by atoms with E-state index in [2.05, 4.69) is 61.5 Å². The van der Waals surface area contributed by atoms with E-state index in [1.165, 1.54) is 0 Å². The molecule has 1 saturated heterocycles. The van der Waals surface area contributed by atoms with Gasteiger partial charge in [0.25, 0.3) is 0 Å². The Morgan fingerprint density at radius 1 is 0.880 bits per heavy atom. The highest BCUT2D eigenvalue weighted by atomic mass is 19.2. The van der Waals surface area contributed by atoms with Gasteiger partial charge in [-0.3, -0.25) is 14.5 Å². The number of hydrogen-bond donors (Lipinski definition) is 2. The number of nitrogens with zero attached hydrogens (tertiary/aromatic N) is 5. The molecule has 0 atom stereocenters. The van der Waals surface area contributed by atoms with Gasteiger partial charge in [0, 0.05) is 64.9 Å². The fraction of sp³-hybridized carbons (Fsp3) is 0.429. The number of nitrogens with two attached hydrogens (primary N) is 1. The van der Waals surface area contributed by atoms with Crippen LogP contribution in [-0.4, -0.2) is 68.9 Å². The Morgan fingerprint density at radius 3 is 2.26 bits per heavy atom. The Morgan fingerprint density at radius 2 is 1.58 bits per heavy atom. The number of halogens is 5. The Hall–Kier alpha value is -4.79. The van der Waals surface area contributed by atoms with Gasteiger partial charge in [-0.2, -0.15) is 13.8 Å². The zero-order valence-electron chi connectivity index (χ0n) is 28.0. The van der Waals surface area contributed by atoms with Gasteiger partial charge in [0.2, 0.25) is 46.7 Å². The molecule has 0 radical (unpaired) electrons. The minimum Gasteiger partial charge on any atom is -0.420 e. The lowest BCUT2D eigenvalue weighted by Crippen LogP contribution is -2.48. The van der Waals surface area contributed by atoms with Crippen molar-refractivity contribution in [1.82, 2.24) is 24.3 Å². The van der Waals surface area contributed by atoms with E-state index < -0.39 is 47.2 Å². The maximum absolute atomic E-state index is 13.8. The first kappa shape index (κ1) is 36.5. The zero-order valence-corrected chi connectivity index (χ0v) is 28.0. The van der Waals surface area contributed by atoms with E-state index >= 15 is 0 Å². The Kier molecular flexibility index (Phi) is 11.9. The van der Waals surface area contributed by atoms with Crippen LogP contribution in [0.5, 0.6) is 5.75 Å². The third-order valence-corrected chi connectivity index (χ3v) is 8.74. The molecule has 50 heavy (non-hydrogen) atoms. The van der Waals surface area contributed by atoms with Crippen LogP contribution in [0.4, 0.5) is 33.7 Å². The van der Waals surface area contributed by atoms with Crippen LogP contribution in [0.25, 0.3) is 11.0 Å². The number of aromatic nitrogens is 3. The topological polar surface area (TPSA) is 119 Å². The van der Waals surface area contributed by atoms with Crippen LogP contribution in [0.3, 0.4) is 0 Å². The number of aryl methyl sites for hydroxylation is 1. The van der Waals surface area contributed by atoms with Crippen molar-refractivity contribution < 1.29 is 36.3 Å². The number of unbranched alkanes of at least 4 members (excludes halogenated alkanes) is 2. The third-order valence-electron chi connectivity index (χ3n) is 8.74. The van der Waals surface area contributed by atoms with Crippen molar-refractivity contribution in [2.24, 2.45) is 0 Å². The standard InChI is InChI=1S/C35H40F5N7O3/c1-3-4-5-12-42-34-32-24(43-35(41)44-34)11-13-47(32)20-23-10-9-22(18-21(23)2)19-45-14-16-46(17-15-45)25(48)7-6-8-26(49)50-33-30(39)28(37)27(36)29(38)31(33)40/h9-11,13,18H,3-8,12,14-17,19-20H2,1-2H3,(H3,41,42,43,44). The molecule has 2 aromatic heterocycles. The van der Waals surface area contributed by atoms with Crippen molar-refractivity contribution in [3.05, 3.63) is 76.2 Å². The summed E-state index contributed by atoms with van der Waals surface area (Å²) in [4.78, 5) is 37.5. The number of nitrogens with one attached hydrogen (secondary N) is 1. The lowest BCUT2D eigenvalue weighted by Gasteiger charge is -2.35. The average Bonchev–Trinajstić information content (AvgIpc) is 3.50. The maximum Gasteiger partial charge on any atom is 0.311 e. The summed E-state index contributed by atoms with van der Waals surface area (Å²) >= 11 is 0. The van der Waals surface area contributed by atoms with Gasteiger partial charge >= 0.3 is 5.97 Å². The highest BCUT2D eigenvalue weighted by Gasteiger charge is 2.29. The fourth-order valence-electron chi connectivity index (χ4n) is 5.97. The van der Waals surface area contributed by atoms with Gasteiger partial charge in [-0.1, -0.05) is 38.0 Å². The predicted molar refractivity (Wildman–Crippen MR) is 178 cm³/mol. The first-order valence-electron chi connectivity index (χ1n) is 16.6. The Bertz CT molecular complexity index is 1830. The molecule has 0 spiro atoms. The molecular formula is C35H40F5N7O3. The van der Waals surface area contributed by atoms with Gasteiger partial charge < -0.3 is 25.3 Å². The molecule has 0 bridgehead atoms. The molecule has 5 rings (SSSR count). The van der Waals surface area contributed by atoms with Gasteiger partial charge in [-0.05, 0) is 42.5 Å². The number of amides is 1. The van der Waals surface area contributed by atoms with Gasteiger partial charge in [0.15, 0.2) is 5.82 Å². The lowest BCUT2D eigenvalue weighted by atomic mass is 10.0. The van der Waals surface area contributed by atoms with Crippen LogP contribution in [-0.2, 0) is 22.7 Å². The van der Waals surface area contributed by atoms with E-state index in [0.29, 0.717) is 39.3 Å². The summed E-state index contributed by atoms with van der Waals surface area (Å²) in [5.74, 6) is -13.4. The third kappa shape index (κ3) is 8.49. The van der Waals surface area contributed by atoms with E-state index in [4.69, 9.17) is 5.73 Å². The summed E-state index contributed by atoms with van der Waals surface area (Å²) in [6.07, 6.45) is 4.79. The molecule has 10 nitrogen and oxygen atoms in total. The quantitative estimate of drug-likeness (QED) is 0.0405. The monoisotopic (exact) mass is 701 g/mol. The smallest absolute Gasteiger partial charge is 0.311 e. The number of piperazine rings is 1. The predicted octanol–water partition coefficient (Wildman–Crippen LogP) is 6.09. The largest absolute Gasteiger partial charge is 0.420 e. The molecule has 268 valence electrons. The minimum absolute atomic E-state index is 0.0183. The molecule has 1 amide bonds. The molecule has 1 fully saturated rings. The number of benzene rings is 2. The van der Waals surface area contributed by atoms with E-state index in [0.717, 1.165) is 59.3 Å². The summed E-state index contributed by atoms with van der Waals surface area (Å²) in [5, 5.41) is 3.43. The van der Waals surface area contributed by atoms with Crippen molar-refractivity contribution in [2.45, 2.75) is 65.5 Å². The number of rotatable bonds is 14. The molecular weight excluding hydrogens is 661 g/mol. The van der Waals surface area contributed by atoms with Crippen LogP contribution < -0.4 is 15.8 Å². The SMILES string of the molecule is CCCCCNc1nc(N)nc2ccn(Cc3ccc(CN4CCN(C(=O)CCCC(=O)Oc5c(F)c(F)c(F)c(F)c5F)CC4)cc3C)c12. The summed E-state index contributed by atoms with van der Waals surface area (Å²) in [7, 11) is 0. The molecule has 4 aromatic rings. The molecule has 15 heteroatoms. The highest BCUT2D eigenvalue weighted by molar-refractivity contribution is 5.87. The molecule has 2 aromatic carbocycles. The second-order valence-electron chi connectivity index (χ2n) is 12.4. The van der Waals surface area contributed by atoms with Crippen LogP contribution in [0.2, 0.25) is 0 Å². The first-order chi connectivity index (χ1) is 24.0. The average molecular weight is 702 g/mol. The van der Waals surface area contributed by atoms with Crippen LogP contribution in [0.1, 0.15) is 62.1 Å². The number of ether oxygens (including phenoxy) is 1. The van der Waals surface area contributed by atoms with Crippen molar-refractivity contribution in [1.29, 1.82) is 0 Å². The molecule has 0 saturated carbocycles. The summed E-state index contributed by atoms with van der Waals surface area (Å²) in [6, 6.07) is 8.34. The number of nitrogen functional groups attached to an aromatic ring is 1. The lowest BCUT2D eigenvalue weighted by molar-refractivity contribution is -0.135. The van der Waals surface area contributed by atoms with Gasteiger partial charge in [0.05, 0.1) is 5.52 Å². The molecule has 1 aliphatic rings. The van der Waals surface area contributed by atoms with Gasteiger partial charge in [-0.15, -0.1) is 0 Å². The van der Waals surface area contributed by atoms with Crippen LogP contribution >= 0.6 is 0 Å². The highest BCUT2D eigenvalue weighted by Crippen LogP contribution is 2.30. The first-order valence-corrected chi connectivity index (χ1v) is 16.6. The molecule has 3 N–H and O–H groups in total. The maximum atomic E-state index is 13.8. The number of carbonyl (C=O) groups excluding carboxylic acids is 2. The second kappa shape index (κ2) is 16.3. The van der Waals surface area contributed by atoms with Crippen molar-refractivity contribution in [2.75, 3.05) is 43.8 Å². The Balaban J connectivity index is 1.09. The molecule has 0 aliphatic carbocycles. The summed E-state index contributed by atoms with van der Waals surface area (Å²) < 4.78 is 74.0. The van der Waals surface area contributed by atoms with Crippen LogP contribution in [0, 0.1) is 36.0 Å². The van der Waals surface area contributed by atoms with E-state index in [-0.39, 0.29) is 24.7 Å². The van der Waals surface area contributed by atoms with E-state index in [9.17, 15) is 31.5 Å². The molecule has 1 aliphatic heterocycles. The van der Waals surface area contributed by atoms with Crippen molar-refractivity contribution >= 4 is 34.7 Å². The number of anilines is 2. The van der Waals surface area contributed by atoms with Crippen LogP contribution in [0.15, 0.2) is 30.5 Å². The number of fused-ring (bicyclic) bond motifs is 1. The van der Waals surface area contributed by atoms with Crippen molar-refractivity contribution in [3.63, 3.8) is 0 Å². The fourth-order valence-corrected chi connectivity index (χ4v) is 5.97. The minimum atomic E-state index is -2.35. The molecule has 0 unspecified atom stereocenters.